The lowest BCUT2D eigenvalue weighted by Crippen LogP contribution is -2.71. The van der Waals surface area contributed by atoms with Crippen LogP contribution in [-0.4, -0.2) is 79.3 Å². The zero-order chi connectivity index (χ0) is 32.1. The number of aryl methyl sites for hydroxylation is 1. The summed E-state index contributed by atoms with van der Waals surface area (Å²) in [6.07, 6.45) is 7.18. The van der Waals surface area contributed by atoms with Crippen LogP contribution in [0.15, 0.2) is 46.2 Å². The Morgan fingerprint density at radius 1 is 1.22 bits per heavy atom. The number of allylic oxidation sites excluding steroid dienone is 1. The van der Waals surface area contributed by atoms with Crippen molar-refractivity contribution in [1.29, 1.82) is 0 Å². The molecule has 5 rings (SSSR count). The Balaban J connectivity index is 1.33. The number of rotatable bonds is 9. The number of aromatic nitrogens is 2. The molecule has 0 bridgehead atoms. The second-order valence-electron chi connectivity index (χ2n) is 10.5. The van der Waals surface area contributed by atoms with Gasteiger partial charge in [-0.1, -0.05) is 29.8 Å². The molecule has 4 N–H and O–H groups in total. The van der Waals surface area contributed by atoms with Crippen LogP contribution >= 0.6 is 23.1 Å². The number of pyridine rings is 1. The van der Waals surface area contributed by atoms with E-state index in [-0.39, 0.29) is 28.4 Å². The van der Waals surface area contributed by atoms with Crippen molar-refractivity contribution in [3.8, 4) is 0 Å². The number of hydrogen-bond acceptors (Lipinski definition) is 14. The summed E-state index contributed by atoms with van der Waals surface area (Å²) in [4.78, 5) is 61.7. The summed E-state index contributed by atoms with van der Waals surface area (Å²) in [6.45, 7) is 3.22. The summed E-state index contributed by atoms with van der Waals surface area (Å²) in [5.74, 6) is -2.04. The lowest BCUT2D eigenvalue weighted by Gasteiger charge is -2.49. The molecule has 0 spiro atoms. The molecule has 2 amide bonds. The van der Waals surface area contributed by atoms with Gasteiger partial charge in [-0.05, 0) is 49.8 Å². The van der Waals surface area contributed by atoms with E-state index in [4.69, 9.17) is 19.9 Å². The lowest BCUT2D eigenvalue weighted by molar-refractivity contribution is -0.169. The minimum absolute atomic E-state index is 0.0496. The van der Waals surface area contributed by atoms with Crippen molar-refractivity contribution in [2.45, 2.75) is 69.8 Å². The van der Waals surface area contributed by atoms with Gasteiger partial charge in [0, 0.05) is 29.9 Å². The summed E-state index contributed by atoms with van der Waals surface area (Å²) in [7, 11) is 0. The maximum atomic E-state index is 13.6. The molecule has 4 heterocycles. The van der Waals surface area contributed by atoms with Gasteiger partial charge in [0.1, 0.15) is 28.9 Å². The van der Waals surface area contributed by atoms with Crippen LogP contribution in [0.2, 0.25) is 0 Å². The summed E-state index contributed by atoms with van der Waals surface area (Å²) >= 11 is 2.38. The van der Waals surface area contributed by atoms with Crippen molar-refractivity contribution in [3.63, 3.8) is 0 Å². The third-order valence-corrected chi connectivity index (χ3v) is 9.40. The van der Waals surface area contributed by atoms with Crippen LogP contribution in [-0.2, 0) is 28.6 Å². The second-order valence-corrected chi connectivity index (χ2v) is 12.5. The molecule has 1 saturated carbocycles. The van der Waals surface area contributed by atoms with Crippen molar-refractivity contribution in [2.24, 2.45) is 5.16 Å². The number of nitrogens with one attached hydrogen (secondary N) is 1. The van der Waals surface area contributed by atoms with Crippen molar-refractivity contribution in [1.82, 2.24) is 20.2 Å². The number of hydrogen-bond donors (Lipinski definition) is 3. The number of nitrogen functional groups attached to an aromatic ring is 1. The van der Waals surface area contributed by atoms with E-state index in [1.54, 1.807) is 24.4 Å². The van der Waals surface area contributed by atoms with Crippen molar-refractivity contribution >= 4 is 64.0 Å². The Bertz CT molecular complexity index is 1570. The average molecular weight is 657 g/mol. The molecule has 0 aromatic carbocycles. The van der Waals surface area contributed by atoms with E-state index in [2.05, 4.69) is 20.4 Å². The van der Waals surface area contributed by atoms with E-state index in [0.717, 1.165) is 54.7 Å². The van der Waals surface area contributed by atoms with Crippen molar-refractivity contribution < 1.29 is 38.6 Å². The van der Waals surface area contributed by atoms with Crippen molar-refractivity contribution in [3.05, 3.63) is 58.0 Å². The SMILES string of the molecule is Cc1ncccc1/C=C\C1=C(C(=O)OC(C)OC(=O)OC2CCCCC2)N2C(=O)[C@@H](NC(=O)C(=NO)c3csc(N)n3)[C@H]2SC1. The fraction of sp³-hybridized carbons (Fsp3) is 0.414. The number of β-lactam (4-membered cyclic amide) rings is 1. The van der Waals surface area contributed by atoms with Gasteiger partial charge < -0.3 is 30.5 Å². The van der Waals surface area contributed by atoms with Gasteiger partial charge in [0.15, 0.2) is 10.8 Å². The predicted octanol–water partition coefficient (Wildman–Crippen LogP) is 3.35. The fourth-order valence-corrected chi connectivity index (χ4v) is 7.02. The average Bonchev–Trinajstić information content (AvgIpc) is 3.45. The fourth-order valence-electron chi connectivity index (χ4n) is 5.16. The van der Waals surface area contributed by atoms with E-state index < -0.39 is 47.4 Å². The van der Waals surface area contributed by atoms with Crippen molar-refractivity contribution in [2.75, 3.05) is 11.5 Å². The lowest BCUT2D eigenvalue weighted by atomic mass is 9.98. The monoisotopic (exact) mass is 656 g/mol. The Morgan fingerprint density at radius 2 is 2.00 bits per heavy atom. The third kappa shape index (κ3) is 7.28. The number of carbonyl (C=O) groups excluding carboxylic acids is 4. The smallest absolute Gasteiger partial charge is 0.431 e. The summed E-state index contributed by atoms with van der Waals surface area (Å²) in [5.41, 5.74) is 7.28. The number of anilines is 1. The Hall–Kier alpha value is -4.44. The number of carbonyl (C=O) groups is 4. The molecular weight excluding hydrogens is 624 g/mol. The summed E-state index contributed by atoms with van der Waals surface area (Å²) in [6, 6.07) is 2.60. The maximum Gasteiger partial charge on any atom is 0.511 e. The topological polar surface area (TPSA) is 196 Å². The van der Waals surface area contributed by atoms with Crippen LogP contribution in [0.1, 0.15) is 56.0 Å². The molecule has 2 fully saturated rings. The standard InChI is InChI=1S/C29H32N6O8S2/c1-15-17(7-6-12-31-15)10-11-18-13-44-26-22(33-24(36)21(34-40)20-14-45-28(30)32-20)25(37)35(26)23(18)27(38)41-16(2)42-29(39)43-19-8-4-3-5-9-19/h6-7,10-12,14,16,19,22,26,40H,3-5,8-9,13H2,1-2H3,(H2,30,32)(H,33,36)/b11-10-,34-21?/t16?,22-,26-/m1/s1. The minimum Gasteiger partial charge on any atom is -0.431 e. The first-order chi connectivity index (χ1) is 21.7. The zero-order valence-electron chi connectivity index (χ0n) is 24.5. The molecule has 3 atom stereocenters. The number of nitrogens with two attached hydrogens (primary N) is 1. The number of thiazole rings is 1. The summed E-state index contributed by atoms with van der Waals surface area (Å²) in [5, 5.41) is 16.0. The second kappa shape index (κ2) is 14.1. The van der Waals surface area contributed by atoms with Crippen LogP contribution in [0.5, 0.6) is 0 Å². The number of thioether (sulfide) groups is 1. The van der Waals surface area contributed by atoms with E-state index in [1.165, 1.54) is 29.0 Å². The third-order valence-electron chi connectivity index (χ3n) is 7.42. The molecule has 1 aliphatic carbocycles. The molecule has 14 nitrogen and oxygen atoms in total. The Kier molecular flexibility index (Phi) is 10.0. The molecule has 16 heteroatoms. The van der Waals surface area contributed by atoms with Gasteiger partial charge in [-0.25, -0.2) is 14.6 Å². The quantitative estimate of drug-likeness (QED) is 0.0891. The molecule has 2 aromatic heterocycles. The van der Waals surface area contributed by atoms with Crippen LogP contribution < -0.4 is 11.1 Å². The number of oxime groups is 1. The Morgan fingerprint density at radius 3 is 2.69 bits per heavy atom. The number of esters is 1. The van der Waals surface area contributed by atoms with Gasteiger partial charge in [-0.15, -0.1) is 23.1 Å². The number of nitrogens with zero attached hydrogens (tertiary/aromatic N) is 4. The number of amides is 2. The highest BCUT2D eigenvalue weighted by Crippen LogP contribution is 2.41. The molecule has 45 heavy (non-hydrogen) atoms. The van der Waals surface area contributed by atoms with Crippen LogP contribution in [0.3, 0.4) is 0 Å². The highest BCUT2D eigenvalue weighted by Gasteiger charge is 2.54. The van der Waals surface area contributed by atoms with Crippen LogP contribution in [0.4, 0.5) is 9.93 Å². The highest BCUT2D eigenvalue weighted by atomic mass is 32.2. The molecule has 238 valence electrons. The first kappa shape index (κ1) is 32.0. The Labute approximate surface area is 266 Å². The normalized spacial score (nSPS) is 21.2. The first-order valence-corrected chi connectivity index (χ1v) is 16.2. The molecule has 1 unspecified atom stereocenters. The van der Waals surface area contributed by atoms with Gasteiger partial charge >= 0.3 is 12.1 Å². The van der Waals surface area contributed by atoms with Gasteiger partial charge in [0.2, 0.25) is 6.29 Å². The maximum absolute atomic E-state index is 13.6. The van der Waals surface area contributed by atoms with Gasteiger partial charge in [-0.2, -0.15) is 0 Å². The largest absolute Gasteiger partial charge is 0.511 e. The number of ether oxygens (including phenoxy) is 3. The van der Waals surface area contributed by atoms with Crippen LogP contribution in [0, 0.1) is 6.92 Å². The van der Waals surface area contributed by atoms with Gasteiger partial charge in [0.25, 0.3) is 11.8 Å². The summed E-state index contributed by atoms with van der Waals surface area (Å²) < 4.78 is 16.0. The highest BCUT2D eigenvalue weighted by molar-refractivity contribution is 8.00. The van der Waals surface area contributed by atoms with Crippen LogP contribution in [0.25, 0.3) is 6.08 Å². The van der Waals surface area contributed by atoms with E-state index in [9.17, 15) is 24.4 Å². The van der Waals surface area contributed by atoms with E-state index in [0.29, 0.717) is 5.57 Å². The predicted molar refractivity (Wildman–Crippen MR) is 165 cm³/mol. The van der Waals surface area contributed by atoms with E-state index >= 15 is 0 Å². The molecule has 1 saturated heterocycles. The van der Waals surface area contributed by atoms with Gasteiger partial charge in [0.05, 0.1) is 0 Å². The number of fused-ring (bicyclic) bond motifs is 1. The molecule has 3 aliphatic rings. The zero-order valence-corrected chi connectivity index (χ0v) is 26.1. The molecule has 2 aromatic rings. The first-order valence-electron chi connectivity index (χ1n) is 14.3. The molecule has 0 radical (unpaired) electrons. The van der Waals surface area contributed by atoms with Gasteiger partial charge in [-0.3, -0.25) is 19.5 Å². The molecular formula is C29H32N6O8S2. The minimum atomic E-state index is -1.30. The molecule has 2 aliphatic heterocycles. The van der Waals surface area contributed by atoms with E-state index in [1.807, 2.05) is 13.0 Å².